The fourth-order valence-electron chi connectivity index (χ4n) is 1.90. The quantitative estimate of drug-likeness (QED) is 0.921. The van der Waals surface area contributed by atoms with Crippen LogP contribution in [0.4, 0.5) is 5.95 Å². The van der Waals surface area contributed by atoms with E-state index in [-0.39, 0.29) is 0 Å². The Hall–Kier alpha value is -2.41. The van der Waals surface area contributed by atoms with E-state index < -0.39 is 0 Å². The molecule has 0 aliphatic heterocycles. The van der Waals surface area contributed by atoms with Crippen LogP contribution < -0.4 is 5.32 Å². The molecule has 1 heterocycles. The predicted octanol–water partition coefficient (Wildman–Crippen LogP) is 3.39. The van der Waals surface area contributed by atoms with E-state index in [2.05, 4.69) is 35.2 Å². The molecule has 0 amide bonds. The summed E-state index contributed by atoms with van der Waals surface area (Å²) in [5, 5.41) is 12.1. The van der Waals surface area contributed by atoms with Gasteiger partial charge in [0.1, 0.15) is 0 Å². The number of nitriles is 1. The molecule has 0 aliphatic rings. The molecule has 0 saturated heterocycles. The lowest BCUT2D eigenvalue weighted by Gasteiger charge is -2.10. The van der Waals surface area contributed by atoms with Gasteiger partial charge in [-0.05, 0) is 36.6 Å². The molecule has 0 fully saturated rings. The van der Waals surface area contributed by atoms with Gasteiger partial charge in [-0.15, -0.1) is 0 Å². The van der Waals surface area contributed by atoms with E-state index in [0.29, 0.717) is 24.0 Å². The van der Waals surface area contributed by atoms with Gasteiger partial charge >= 0.3 is 0 Å². The minimum Gasteiger partial charge on any atom is -0.350 e. The first-order valence-corrected chi connectivity index (χ1v) is 6.67. The van der Waals surface area contributed by atoms with Crippen LogP contribution in [0.25, 0.3) is 0 Å². The van der Waals surface area contributed by atoms with Gasteiger partial charge in [0.05, 0.1) is 11.6 Å². The molecule has 4 nitrogen and oxygen atoms in total. The first kappa shape index (κ1) is 14.0. The lowest BCUT2D eigenvalue weighted by molar-refractivity contribution is 0.808. The van der Waals surface area contributed by atoms with Crippen LogP contribution in [0, 0.1) is 18.3 Å². The van der Waals surface area contributed by atoms with Gasteiger partial charge in [0, 0.05) is 17.9 Å². The zero-order chi connectivity index (χ0) is 14.5. The van der Waals surface area contributed by atoms with Gasteiger partial charge in [-0.3, -0.25) is 0 Å². The molecule has 1 aromatic carbocycles. The van der Waals surface area contributed by atoms with Gasteiger partial charge in [0.2, 0.25) is 5.95 Å². The molecule has 0 saturated carbocycles. The maximum absolute atomic E-state index is 8.89. The van der Waals surface area contributed by atoms with Crippen LogP contribution >= 0.6 is 0 Å². The molecule has 0 spiro atoms. The summed E-state index contributed by atoms with van der Waals surface area (Å²) in [6.07, 6.45) is 0. The van der Waals surface area contributed by atoms with E-state index in [1.54, 1.807) is 6.07 Å². The summed E-state index contributed by atoms with van der Waals surface area (Å²) in [5.74, 6) is 1.01. The number of nitrogens with zero attached hydrogens (tertiary/aromatic N) is 3. The molecule has 0 bridgehead atoms. The summed E-state index contributed by atoms with van der Waals surface area (Å²) in [4.78, 5) is 8.89. The van der Waals surface area contributed by atoms with Crippen LogP contribution in [-0.2, 0) is 6.54 Å². The molecule has 102 valence electrons. The van der Waals surface area contributed by atoms with E-state index >= 15 is 0 Å². The van der Waals surface area contributed by atoms with E-state index in [0.717, 1.165) is 17.0 Å². The lowest BCUT2D eigenvalue weighted by Crippen LogP contribution is -2.07. The SMILES string of the molecule is Cc1cc(C(C)C)nc(NCc2cccc(C#N)c2)n1. The smallest absolute Gasteiger partial charge is 0.223 e. The molecule has 2 aromatic rings. The number of hydrogen-bond acceptors (Lipinski definition) is 4. The van der Waals surface area contributed by atoms with Gasteiger partial charge in [-0.2, -0.15) is 5.26 Å². The maximum Gasteiger partial charge on any atom is 0.223 e. The highest BCUT2D eigenvalue weighted by Crippen LogP contribution is 2.15. The molecule has 0 aliphatic carbocycles. The predicted molar refractivity (Wildman–Crippen MR) is 79.3 cm³/mol. The zero-order valence-electron chi connectivity index (χ0n) is 12.0. The summed E-state index contributed by atoms with van der Waals surface area (Å²) < 4.78 is 0. The second-order valence-electron chi connectivity index (χ2n) is 5.08. The molecular weight excluding hydrogens is 248 g/mol. The van der Waals surface area contributed by atoms with Crippen molar-refractivity contribution in [1.82, 2.24) is 9.97 Å². The first-order valence-electron chi connectivity index (χ1n) is 6.67. The van der Waals surface area contributed by atoms with E-state index in [4.69, 9.17) is 5.26 Å². The normalized spacial score (nSPS) is 10.3. The number of rotatable bonds is 4. The van der Waals surface area contributed by atoms with Crippen LogP contribution in [0.2, 0.25) is 0 Å². The molecule has 4 heteroatoms. The van der Waals surface area contributed by atoms with Crippen molar-refractivity contribution in [1.29, 1.82) is 5.26 Å². The van der Waals surface area contributed by atoms with Crippen molar-refractivity contribution in [3.8, 4) is 6.07 Å². The zero-order valence-corrected chi connectivity index (χ0v) is 12.0. The fraction of sp³-hybridized carbons (Fsp3) is 0.312. The standard InChI is InChI=1S/C16H18N4/c1-11(2)15-7-12(3)19-16(20-15)18-10-14-6-4-5-13(8-14)9-17/h4-8,11H,10H2,1-3H3,(H,18,19,20). The summed E-state index contributed by atoms with van der Waals surface area (Å²) >= 11 is 0. The molecular formula is C16H18N4. The first-order chi connectivity index (χ1) is 9.58. The Morgan fingerprint density at radius 1 is 1.25 bits per heavy atom. The Kier molecular flexibility index (Phi) is 4.31. The van der Waals surface area contributed by atoms with Crippen molar-refractivity contribution in [2.24, 2.45) is 0 Å². The fourth-order valence-corrected chi connectivity index (χ4v) is 1.90. The summed E-state index contributed by atoms with van der Waals surface area (Å²) in [6.45, 7) is 6.80. The average molecular weight is 266 g/mol. The third-order valence-corrected chi connectivity index (χ3v) is 2.97. The van der Waals surface area contributed by atoms with E-state index in [1.807, 2.05) is 31.2 Å². The van der Waals surface area contributed by atoms with Crippen molar-refractivity contribution in [2.75, 3.05) is 5.32 Å². The Bertz CT molecular complexity index is 641. The van der Waals surface area contributed by atoms with Gasteiger partial charge in [0.25, 0.3) is 0 Å². The molecule has 1 aromatic heterocycles. The lowest BCUT2D eigenvalue weighted by atomic mass is 10.1. The molecule has 20 heavy (non-hydrogen) atoms. The molecule has 0 unspecified atom stereocenters. The number of benzene rings is 1. The van der Waals surface area contributed by atoms with E-state index in [9.17, 15) is 0 Å². The largest absolute Gasteiger partial charge is 0.350 e. The van der Waals surface area contributed by atoms with Crippen molar-refractivity contribution < 1.29 is 0 Å². The van der Waals surface area contributed by atoms with Crippen molar-refractivity contribution in [2.45, 2.75) is 33.2 Å². The van der Waals surface area contributed by atoms with Crippen molar-refractivity contribution in [3.63, 3.8) is 0 Å². The minimum absolute atomic E-state index is 0.374. The topological polar surface area (TPSA) is 61.6 Å². The Balaban J connectivity index is 2.12. The van der Waals surface area contributed by atoms with Crippen LogP contribution in [0.5, 0.6) is 0 Å². The van der Waals surface area contributed by atoms with Crippen molar-refractivity contribution >= 4 is 5.95 Å². The Morgan fingerprint density at radius 2 is 2.05 bits per heavy atom. The highest BCUT2D eigenvalue weighted by Gasteiger charge is 2.05. The summed E-state index contributed by atoms with van der Waals surface area (Å²) in [7, 11) is 0. The molecule has 1 N–H and O–H groups in total. The summed E-state index contributed by atoms with van der Waals surface area (Å²) in [6, 6.07) is 11.7. The van der Waals surface area contributed by atoms with E-state index in [1.165, 1.54) is 0 Å². The number of hydrogen-bond donors (Lipinski definition) is 1. The third-order valence-electron chi connectivity index (χ3n) is 2.97. The Morgan fingerprint density at radius 3 is 2.75 bits per heavy atom. The summed E-state index contributed by atoms with van der Waals surface area (Å²) in [5.41, 5.74) is 3.69. The third kappa shape index (κ3) is 3.55. The van der Waals surface area contributed by atoms with Crippen LogP contribution in [0.15, 0.2) is 30.3 Å². The Labute approximate surface area is 119 Å². The van der Waals surface area contributed by atoms with Crippen LogP contribution in [-0.4, -0.2) is 9.97 Å². The number of aryl methyl sites for hydroxylation is 1. The van der Waals surface area contributed by atoms with Gasteiger partial charge in [0.15, 0.2) is 0 Å². The highest BCUT2D eigenvalue weighted by atomic mass is 15.1. The van der Waals surface area contributed by atoms with Gasteiger partial charge < -0.3 is 5.32 Å². The molecule has 0 radical (unpaired) electrons. The number of aromatic nitrogens is 2. The maximum atomic E-state index is 8.89. The van der Waals surface area contributed by atoms with Crippen LogP contribution in [0.1, 0.15) is 42.3 Å². The highest BCUT2D eigenvalue weighted by molar-refractivity contribution is 5.36. The van der Waals surface area contributed by atoms with Gasteiger partial charge in [-0.25, -0.2) is 9.97 Å². The second-order valence-corrected chi connectivity index (χ2v) is 5.08. The van der Waals surface area contributed by atoms with Gasteiger partial charge in [-0.1, -0.05) is 26.0 Å². The average Bonchev–Trinajstić information content (AvgIpc) is 2.44. The molecule has 2 rings (SSSR count). The van der Waals surface area contributed by atoms with Crippen molar-refractivity contribution in [3.05, 3.63) is 52.8 Å². The minimum atomic E-state index is 0.374. The monoisotopic (exact) mass is 266 g/mol. The molecule has 0 atom stereocenters. The van der Waals surface area contributed by atoms with Crippen LogP contribution in [0.3, 0.4) is 0 Å². The second kappa shape index (κ2) is 6.16. The number of anilines is 1. The number of nitrogens with one attached hydrogen (secondary N) is 1.